The highest BCUT2D eigenvalue weighted by molar-refractivity contribution is 5.78. The molecule has 0 saturated heterocycles. The molecule has 0 spiro atoms. The molecule has 2 rings (SSSR count). The fraction of sp³-hybridized carbons (Fsp3) is 0.462. The Kier molecular flexibility index (Phi) is 3.74. The van der Waals surface area contributed by atoms with E-state index < -0.39 is 0 Å². The van der Waals surface area contributed by atoms with E-state index in [4.69, 9.17) is 0 Å². The molecule has 1 aromatic rings. The molecule has 3 nitrogen and oxygen atoms in total. The van der Waals surface area contributed by atoms with Gasteiger partial charge in [-0.15, -0.1) is 0 Å². The fourth-order valence-corrected chi connectivity index (χ4v) is 1.65. The van der Waals surface area contributed by atoms with Gasteiger partial charge in [-0.1, -0.05) is 12.1 Å². The van der Waals surface area contributed by atoms with Crippen molar-refractivity contribution in [2.75, 3.05) is 6.54 Å². The lowest BCUT2D eigenvalue weighted by molar-refractivity contribution is -0.120. The first-order chi connectivity index (χ1) is 8.15. The van der Waals surface area contributed by atoms with Crippen LogP contribution in [-0.4, -0.2) is 18.5 Å². The lowest BCUT2D eigenvalue weighted by Gasteiger charge is -2.14. The highest BCUT2D eigenvalue weighted by Gasteiger charge is 2.23. The molecule has 4 heteroatoms. The molecule has 0 heterocycles. The zero-order valence-electron chi connectivity index (χ0n) is 9.87. The van der Waals surface area contributed by atoms with Crippen molar-refractivity contribution in [2.45, 2.75) is 31.8 Å². The van der Waals surface area contributed by atoms with Crippen LogP contribution < -0.4 is 10.6 Å². The van der Waals surface area contributed by atoms with Crippen molar-refractivity contribution in [1.82, 2.24) is 10.6 Å². The number of hydrogen-bond donors (Lipinski definition) is 2. The summed E-state index contributed by atoms with van der Waals surface area (Å²) in [6.07, 6.45) is 2.18. The van der Waals surface area contributed by atoms with Gasteiger partial charge in [0, 0.05) is 12.1 Å². The zero-order valence-corrected chi connectivity index (χ0v) is 9.87. The van der Waals surface area contributed by atoms with Crippen molar-refractivity contribution < 1.29 is 9.18 Å². The third-order valence-corrected chi connectivity index (χ3v) is 2.86. The van der Waals surface area contributed by atoms with Gasteiger partial charge in [0.15, 0.2) is 0 Å². The number of carbonyl (C=O) groups is 1. The largest absolute Gasteiger partial charge is 0.352 e. The molecule has 92 valence electrons. The van der Waals surface area contributed by atoms with Gasteiger partial charge >= 0.3 is 0 Å². The Morgan fingerprint density at radius 2 is 2.29 bits per heavy atom. The van der Waals surface area contributed by atoms with E-state index in [2.05, 4.69) is 10.6 Å². The predicted molar refractivity (Wildman–Crippen MR) is 64.0 cm³/mol. The van der Waals surface area contributed by atoms with Crippen molar-refractivity contribution in [2.24, 2.45) is 0 Å². The Balaban J connectivity index is 1.79. The number of hydrogen-bond acceptors (Lipinski definition) is 2. The minimum absolute atomic E-state index is 0.00996. The van der Waals surface area contributed by atoms with Crippen molar-refractivity contribution in [3.63, 3.8) is 0 Å². The predicted octanol–water partition coefficient (Wildman–Crippen LogP) is 1.75. The molecular weight excluding hydrogens is 219 g/mol. The van der Waals surface area contributed by atoms with E-state index in [0.717, 1.165) is 18.4 Å². The van der Waals surface area contributed by atoms with Gasteiger partial charge in [0.2, 0.25) is 5.91 Å². The smallest absolute Gasteiger partial charge is 0.234 e. The molecule has 0 aromatic heterocycles. The second-order valence-electron chi connectivity index (χ2n) is 4.50. The van der Waals surface area contributed by atoms with Crippen LogP contribution in [0.5, 0.6) is 0 Å². The van der Waals surface area contributed by atoms with Crippen LogP contribution in [0.25, 0.3) is 0 Å². The molecule has 1 atom stereocenters. The highest BCUT2D eigenvalue weighted by Crippen LogP contribution is 2.18. The van der Waals surface area contributed by atoms with Crippen LogP contribution in [-0.2, 0) is 4.79 Å². The van der Waals surface area contributed by atoms with E-state index in [1.165, 1.54) is 12.1 Å². The first-order valence-electron chi connectivity index (χ1n) is 5.93. The summed E-state index contributed by atoms with van der Waals surface area (Å²) in [4.78, 5) is 11.4. The molecule has 0 unspecified atom stereocenters. The van der Waals surface area contributed by atoms with Gasteiger partial charge in [-0.3, -0.25) is 4.79 Å². The molecule has 17 heavy (non-hydrogen) atoms. The number of nitrogens with one attached hydrogen (secondary N) is 2. The van der Waals surface area contributed by atoms with Gasteiger partial charge in [-0.2, -0.15) is 0 Å². The molecular formula is C13H17FN2O. The third kappa shape index (κ3) is 3.82. The molecule has 1 aliphatic carbocycles. The minimum Gasteiger partial charge on any atom is -0.352 e. The van der Waals surface area contributed by atoms with Crippen LogP contribution in [0.4, 0.5) is 4.39 Å². The summed E-state index contributed by atoms with van der Waals surface area (Å²) in [6.45, 7) is 2.19. The van der Waals surface area contributed by atoms with Gasteiger partial charge in [0.1, 0.15) is 5.82 Å². The van der Waals surface area contributed by atoms with Gasteiger partial charge < -0.3 is 10.6 Å². The number of halogens is 1. The number of rotatable bonds is 5. The number of amides is 1. The minimum atomic E-state index is -0.251. The van der Waals surface area contributed by atoms with Crippen LogP contribution in [0.15, 0.2) is 24.3 Å². The summed E-state index contributed by atoms with van der Waals surface area (Å²) >= 11 is 0. The van der Waals surface area contributed by atoms with Gasteiger partial charge in [0.25, 0.3) is 0 Å². The molecule has 0 bridgehead atoms. The molecule has 1 aliphatic rings. The quantitative estimate of drug-likeness (QED) is 0.818. The van der Waals surface area contributed by atoms with Crippen molar-refractivity contribution in [1.29, 1.82) is 0 Å². The Hall–Kier alpha value is -1.42. The maximum absolute atomic E-state index is 13.0. The monoisotopic (exact) mass is 236 g/mol. The standard InChI is InChI=1S/C13H17FN2O/c1-9(10-3-2-4-11(14)7-10)15-8-13(17)16-12-5-6-12/h2-4,7,9,12,15H,5-6,8H2,1H3,(H,16,17)/t9-/m1/s1. The molecule has 1 saturated carbocycles. The van der Waals surface area contributed by atoms with Crippen molar-refractivity contribution in [3.8, 4) is 0 Å². The topological polar surface area (TPSA) is 41.1 Å². The molecule has 1 amide bonds. The first-order valence-corrected chi connectivity index (χ1v) is 5.93. The van der Waals surface area contributed by atoms with Crippen LogP contribution in [0.1, 0.15) is 31.4 Å². The van der Waals surface area contributed by atoms with Crippen LogP contribution >= 0.6 is 0 Å². The summed E-state index contributed by atoms with van der Waals surface area (Å²) in [5.74, 6) is -0.241. The van der Waals surface area contributed by atoms with E-state index in [9.17, 15) is 9.18 Å². The Labute approximate surface area is 100 Å². The Bertz CT molecular complexity index is 404. The Morgan fingerprint density at radius 1 is 1.53 bits per heavy atom. The van der Waals surface area contributed by atoms with E-state index in [0.29, 0.717) is 6.04 Å². The summed E-state index contributed by atoms with van der Waals surface area (Å²) < 4.78 is 13.0. The maximum Gasteiger partial charge on any atom is 0.234 e. The van der Waals surface area contributed by atoms with Crippen LogP contribution in [0, 0.1) is 5.82 Å². The normalized spacial score (nSPS) is 16.6. The lowest BCUT2D eigenvalue weighted by atomic mass is 10.1. The molecule has 0 aliphatic heterocycles. The summed E-state index contributed by atoms with van der Waals surface area (Å²) in [7, 11) is 0. The third-order valence-electron chi connectivity index (χ3n) is 2.86. The summed E-state index contributed by atoms with van der Waals surface area (Å²) in [6, 6.07) is 6.77. The van der Waals surface area contributed by atoms with E-state index in [-0.39, 0.29) is 24.3 Å². The van der Waals surface area contributed by atoms with E-state index >= 15 is 0 Å². The molecule has 1 aromatic carbocycles. The van der Waals surface area contributed by atoms with Gasteiger partial charge in [0.05, 0.1) is 6.54 Å². The average Bonchev–Trinajstić information content (AvgIpc) is 3.10. The Morgan fingerprint density at radius 3 is 2.94 bits per heavy atom. The fourth-order valence-electron chi connectivity index (χ4n) is 1.65. The number of benzene rings is 1. The first kappa shape index (κ1) is 12.0. The summed E-state index contributed by atoms with van der Waals surface area (Å²) in [5.41, 5.74) is 0.851. The second-order valence-corrected chi connectivity index (χ2v) is 4.50. The van der Waals surface area contributed by atoms with Crippen LogP contribution in [0.3, 0.4) is 0 Å². The maximum atomic E-state index is 13.0. The molecule has 0 radical (unpaired) electrons. The lowest BCUT2D eigenvalue weighted by Crippen LogP contribution is -2.36. The van der Waals surface area contributed by atoms with Crippen LogP contribution in [0.2, 0.25) is 0 Å². The van der Waals surface area contributed by atoms with Crippen molar-refractivity contribution >= 4 is 5.91 Å². The van der Waals surface area contributed by atoms with Crippen molar-refractivity contribution in [3.05, 3.63) is 35.6 Å². The van der Waals surface area contributed by atoms with Gasteiger partial charge in [-0.05, 0) is 37.5 Å². The molecule has 1 fully saturated rings. The summed E-state index contributed by atoms with van der Waals surface area (Å²) in [5, 5.41) is 5.98. The highest BCUT2D eigenvalue weighted by atomic mass is 19.1. The van der Waals surface area contributed by atoms with Gasteiger partial charge in [-0.25, -0.2) is 4.39 Å². The average molecular weight is 236 g/mol. The zero-order chi connectivity index (χ0) is 12.3. The number of carbonyl (C=O) groups excluding carboxylic acids is 1. The van der Waals surface area contributed by atoms with E-state index in [1.807, 2.05) is 13.0 Å². The molecule has 2 N–H and O–H groups in total. The SMILES string of the molecule is C[C@@H](NCC(=O)NC1CC1)c1cccc(F)c1. The second kappa shape index (κ2) is 5.27. The van der Waals surface area contributed by atoms with E-state index in [1.54, 1.807) is 6.07 Å².